The molecule has 0 aliphatic rings. The first kappa shape index (κ1) is 18.4. The fourth-order valence-corrected chi connectivity index (χ4v) is 3.07. The van der Waals surface area contributed by atoms with Crippen LogP contribution in [0, 0.1) is 11.7 Å². The molecule has 1 aromatic carbocycles. The van der Waals surface area contributed by atoms with Crippen molar-refractivity contribution < 1.29 is 18.9 Å². The Bertz CT molecular complexity index is 372. The van der Waals surface area contributed by atoms with Gasteiger partial charge in [0.15, 0.2) is 0 Å². The maximum atomic E-state index is 3.66. The van der Waals surface area contributed by atoms with Crippen molar-refractivity contribution in [3.8, 4) is 11.7 Å². The summed E-state index contributed by atoms with van der Waals surface area (Å²) in [7, 11) is 0. The molecule has 0 fully saturated rings. The molecule has 0 radical (unpaired) electrons. The van der Waals surface area contributed by atoms with Crippen LogP contribution >= 0.6 is 0 Å². The summed E-state index contributed by atoms with van der Waals surface area (Å²) in [6, 6.07) is 10.4. The first-order valence-electron chi connectivity index (χ1n) is 7.55. The molecule has 0 aromatic heterocycles. The second kappa shape index (κ2) is 10.3. The molecule has 0 N–H and O–H groups in total. The van der Waals surface area contributed by atoms with Crippen molar-refractivity contribution >= 4 is 6.15 Å². The average Bonchev–Trinajstić information content (AvgIpc) is 2.39. The zero-order chi connectivity index (χ0) is 13.3. The maximum Gasteiger partial charge on any atom is 1.00 e. The van der Waals surface area contributed by atoms with E-state index < -0.39 is 6.15 Å². The first-order valence-corrected chi connectivity index (χ1v) is 7.55. The van der Waals surface area contributed by atoms with Crippen LogP contribution < -0.4 is 18.9 Å². The summed E-state index contributed by atoms with van der Waals surface area (Å²) in [6.07, 6.45) is 7.17. The molecule has 0 unspecified atom stereocenters. The predicted octanol–water partition coefficient (Wildman–Crippen LogP) is 2.26. The molecule has 0 amide bonds. The van der Waals surface area contributed by atoms with E-state index in [-0.39, 0.29) is 18.9 Å². The summed E-state index contributed by atoms with van der Waals surface area (Å²) in [5.74, 6) is 7.08. The Morgan fingerprint density at radius 3 is 1.74 bits per heavy atom. The summed E-state index contributed by atoms with van der Waals surface area (Å²) in [5, 5.41) is 0. The van der Waals surface area contributed by atoms with Crippen molar-refractivity contribution in [2.75, 3.05) is 0 Å². The number of benzene rings is 1. The first-order chi connectivity index (χ1) is 8.76. The third-order valence-electron chi connectivity index (χ3n) is 3.82. The van der Waals surface area contributed by atoms with Crippen LogP contribution in [0.1, 0.15) is 45.6 Å². The number of hydrogen-bond donors (Lipinski definition) is 0. The van der Waals surface area contributed by atoms with E-state index in [9.17, 15) is 0 Å². The Hall–Kier alpha value is -0.558. The van der Waals surface area contributed by atoms with Gasteiger partial charge in [-0.1, -0.05) is 58.2 Å². The molecule has 1 aromatic rings. The molecule has 98 valence electrons. The average molecular weight is 248 g/mol. The molecule has 0 bridgehead atoms. The Morgan fingerprint density at radius 2 is 1.32 bits per heavy atom. The van der Waals surface area contributed by atoms with Crippen molar-refractivity contribution in [1.82, 2.24) is 0 Å². The zero-order valence-corrected chi connectivity index (χ0v) is 13.2. The second-order valence-corrected chi connectivity index (χ2v) is 5.48. The Morgan fingerprint density at radius 1 is 0.842 bits per heavy atom. The minimum Gasteiger partial charge on any atom is -0.309 e. The molecule has 0 aliphatic carbocycles. The zero-order valence-electron chi connectivity index (χ0n) is 13.2. The van der Waals surface area contributed by atoms with Crippen LogP contribution in [0.15, 0.2) is 30.3 Å². The van der Waals surface area contributed by atoms with E-state index in [4.69, 9.17) is 0 Å². The topological polar surface area (TPSA) is 0 Å². The molecule has 0 saturated heterocycles. The Balaban J connectivity index is 0.00000324. The van der Waals surface area contributed by atoms with Gasteiger partial charge in [-0.15, -0.1) is 5.92 Å². The molecule has 0 atom stereocenters. The summed E-state index contributed by atoms with van der Waals surface area (Å²) < 4.78 is 0. The number of rotatable bonds is 6. The molecule has 0 nitrogen and oxygen atoms in total. The quantitative estimate of drug-likeness (QED) is 0.535. The molecule has 0 spiro atoms. The van der Waals surface area contributed by atoms with Crippen LogP contribution in [0.4, 0.5) is 0 Å². The molecule has 0 heterocycles. The minimum atomic E-state index is -0.468. The van der Waals surface area contributed by atoms with Gasteiger partial charge in [0.1, 0.15) is 0 Å². The van der Waals surface area contributed by atoms with Crippen molar-refractivity contribution in [3.63, 3.8) is 0 Å². The molecule has 1 rings (SSSR count). The Kier molecular flexibility index (Phi) is 9.96. The summed E-state index contributed by atoms with van der Waals surface area (Å²) >= 11 is 0. The van der Waals surface area contributed by atoms with E-state index in [1.165, 1.54) is 38.2 Å². The molecular formula is C17H26BLi. The van der Waals surface area contributed by atoms with E-state index in [1.807, 2.05) is 6.07 Å². The molecule has 0 saturated carbocycles. The van der Waals surface area contributed by atoms with Gasteiger partial charge in [-0.25, -0.2) is 0 Å². The van der Waals surface area contributed by atoms with Gasteiger partial charge in [0.2, 0.25) is 0 Å². The van der Waals surface area contributed by atoms with Crippen LogP contribution in [0.2, 0.25) is 19.0 Å². The van der Waals surface area contributed by atoms with Gasteiger partial charge in [-0.3, -0.25) is 0 Å². The largest absolute Gasteiger partial charge is 1.00 e. The third-order valence-corrected chi connectivity index (χ3v) is 3.82. The van der Waals surface area contributed by atoms with Gasteiger partial charge in [0, 0.05) is 5.56 Å². The van der Waals surface area contributed by atoms with E-state index in [0.717, 1.165) is 5.56 Å². The molecule has 2 heteroatoms. The van der Waals surface area contributed by atoms with Crippen molar-refractivity contribution in [2.45, 2.75) is 59.0 Å². The van der Waals surface area contributed by atoms with Gasteiger partial charge >= 0.3 is 18.9 Å². The normalized spacial score (nSPS) is 10.3. The summed E-state index contributed by atoms with van der Waals surface area (Å²) in [4.78, 5) is 0. The predicted molar refractivity (Wildman–Crippen MR) is 84.4 cm³/mol. The van der Waals surface area contributed by atoms with E-state index in [0.29, 0.717) is 0 Å². The minimum absolute atomic E-state index is 0. The van der Waals surface area contributed by atoms with Crippen LogP contribution in [-0.4, -0.2) is 6.15 Å². The fraction of sp³-hybridized carbons (Fsp3) is 0.529. The summed E-state index contributed by atoms with van der Waals surface area (Å²) in [6.45, 7) is 6.85. The van der Waals surface area contributed by atoms with Gasteiger partial charge in [0.05, 0.1) is 6.15 Å². The number of hydrogen-bond acceptors (Lipinski definition) is 0. The second-order valence-electron chi connectivity index (χ2n) is 5.48. The van der Waals surface area contributed by atoms with E-state index in [1.54, 1.807) is 0 Å². The van der Waals surface area contributed by atoms with Crippen molar-refractivity contribution in [2.24, 2.45) is 0 Å². The third kappa shape index (κ3) is 6.43. The molecule has 19 heavy (non-hydrogen) atoms. The van der Waals surface area contributed by atoms with Crippen molar-refractivity contribution in [3.05, 3.63) is 35.9 Å². The molecular weight excluding hydrogens is 222 g/mol. The summed E-state index contributed by atoms with van der Waals surface area (Å²) in [5.41, 5.74) is 1.16. The standard InChI is InChI=1S/C17H26B.Li/c1-4-13-18(14-5-2,15-6-3)16-12-17-10-8-7-9-11-17;/h7-11H,4-6,13-15H2,1-3H3;/q-1;+1. The van der Waals surface area contributed by atoms with Crippen LogP contribution in [-0.2, 0) is 0 Å². The van der Waals surface area contributed by atoms with Gasteiger partial charge in [-0.05, 0) is 12.1 Å². The van der Waals surface area contributed by atoms with Crippen LogP contribution in [0.25, 0.3) is 0 Å². The van der Waals surface area contributed by atoms with Crippen molar-refractivity contribution in [1.29, 1.82) is 0 Å². The Labute approximate surface area is 131 Å². The van der Waals surface area contributed by atoms with E-state index in [2.05, 4.69) is 56.8 Å². The SMILES string of the molecule is CCC[B-](C#Cc1ccccc1)(CCC)CCC.[Li+]. The van der Waals surface area contributed by atoms with Gasteiger partial charge in [-0.2, -0.15) is 19.0 Å². The fourth-order valence-electron chi connectivity index (χ4n) is 3.07. The maximum absolute atomic E-state index is 3.66. The van der Waals surface area contributed by atoms with Gasteiger partial charge < -0.3 is 5.82 Å². The smallest absolute Gasteiger partial charge is 0.309 e. The monoisotopic (exact) mass is 248 g/mol. The van der Waals surface area contributed by atoms with E-state index >= 15 is 0 Å². The van der Waals surface area contributed by atoms with Crippen LogP contribution in [0.5, 0.6) is 0 Å². The van der Waals surface area contributed by atoms with Crippen LogP contribution in [0.3, 0.4) is 0 Å². The molecule has 0 aliphatic heterocycles. The van der Waals surface area contributed by atoms with Gasteiger partial charge in [0.25, 0.3) is 0 Å².